The van der Waals surface area contributed by atoms with Crippen LogP contribution >= 0.6 is 0 Å². The Morgan fingerprint density at radius 3 is 2.80 bits per heavy atom. The number of nitrogens with zero attached hydrogens (tertiary/aromatic N) is 2. The van der Waals surface area contributed by atoms with Crippen LogP contribution in [-0.2, 0) is 11.2 Å². The first-order chi connectivity index (χ1) is 12.1. The summed E-state index contributed by atoms with van der Waals surface area (Å²) in [6.45, 7) is 0.672. The van der Waals surface area contributed by atoms with Crippen LogP contribution in [0.15, 0.2) is 24.4 Å². The van der Waals surface area contributed by atoms with E-state index >= 15 is 0 Å². The summed E-state index contributed by atoms with van der Waals surface area (Å²) in [5.74, 6) is -0.553. The van der Waals surface area contributed by atoms with Crippen LogP contribution in [-0.4, -0.2) is 40.2 Å². The Hall–Kier alpha value is -1.81. The first-order valence-electron chi connectivity index (χ1n) is 9.69. The van der Waals surface area contributed by atoms with E-state index in [1.165, 1.54) is 47.7 Å². The van der Waals surface area contributed by atoms with Gasteiger partial charge in [0.15, 0.2) is 0 Å². The molecule has 1 N–H and O–H groups in total. The van der Waals surface area contributed by atoms with Gasteiger partial charge in [-0.25, -0.2) is 0 Å². The second-order valence-electron chi connectivity index (χ2n) is 8.33. The van der Waals surface area contributed by atoms with Crippen LogP contribution in [0.2, 0.25) is 0 Å². The molecule has 3 unspecified atom stereocenters. The zero-order valence-electron chi connectivity index (χ0n) is 14.8. The Bertz CT molecular complexity index is 834. The predicted molar refractivity (Wildman–Crippen MR) is 98.0 cm³/mol. The molecule has 2 aromatic rings. The van der Waals surface area contributed by atoms with Crippen molar-refractivity contribution in [3.05, 3.63) is 35.5 Å². The molecule has 2 heterocycles. The molecule has 4 heteroatoms. The molecule has 1 saturated carbocycles. The molecule has 3 atom stereocenters. The molecule has 1 aromatic carbocycles. The summed E-state index contributed by atoms with van der Waals surface area (Å²) in [4.78, 5) is 13.9. The third-order valence-electron chi connectivity index (χ3n) is 6.94. The molecule has 2 fully saturated rings. The summed E-state index contributed by atoms with van der Waals surface area (Å²) >= 11 is 0. The van der Waals surface area contributed by atoms with Crippen molar-refractivity contribution >= 4 is 16.9 Å². The van der Waals surface area contributed by atoms with Crippen molar-refractivity contribution in [2.24, 2.45) is 5.92 Å². The maximum Gasteiger partial charge on any atom is 0.307 e. The third kappa shape index (κ3) is 2.27. The van der Waals surface area contributed by atoms with E-state index in [4.69, 9.17) is 0 Å². The van der Waals surface area contributed by atoms with E-state index in [2.05, 4.69) is 40.9 Å². The standard InChI is InChI=1S/C21H26N2O2/c1-22-11-14(21(24)25)9-17-16-7-4-8-18-20(16)13(10-19(17)22)12-23(18)15-5-2-3-6-15/h4,7-8,12,14-15,17,19H,2-3,5-6,9-11H2,1H3,(H,24,25). The van der Waals surface area contributed by atoms with Gasteiger partial charge in [0.2, 0.25) is 0 Å². The number of carboxylic acid groups (broad SMARTS) is 1. The number of carbonyl (C=O) groups is 1. The molecule has 0 bridgehead atoms. The van der Waals surface area contributed by atoms with Gasteiger partial charge >= 0.3 is 5.97 Å². The molecule has 25 heavy (non-hydrogen) atoms. The van der Waals surface area contributed by atoms with Crippen molar-refractivity contribution in [2.45, 2.75) is 56.5 Å². The largest absolute Gasteiger partial charge is 0.481 e. The lowest BCUT2D eigenvalue weighted by molar-refractivity contribution is -0.144. The minimum absolute atomic E-state index is 0.250. The van der Waals surface area contributed by atoms with Gasteiger partial charge < -0.3 is 14.6 Å². The second kappa shape index (κ2) is 5.60. The van der Waals surface area contributed by atoms with Crippen LogP contribution in [0.25, 0.3) is 10.9 Å². The van der Waals surface area contributed by atoms with E-state index < -0.39 is 5.97 Å². The van der Waals surface area contributed by atoms with Crippen LogP contribution in [0, 0.1) is 5.92 Å². The van der Waals surface area contributed by atoms with Gasteiger partial charge in [0.25, 0.3) is 0 Å². The van der Waals surface area contributed by atoms with Gasteiger partial charge in [0, 0.05) is 41.6 Å². The van der Waals surface area contributed by atoms with Crippen molar-refractivity contribution in [1.29, 1.82) is 0 Å². The van der Waals surface area contributed by atoms with Crippen molar-refractivity contribution in [3.63, 3.8) is 0 Å². The minimum atomic E-state index is -0.646. The Balaban J connectivity index is 1.63. The highest BCUT2D eigenvalue weighted by Gasteiger charge is 2.41. The van der Waals surface area contributed by atoms with Crippen LogP contribution < -0.4 is 0 Å². The summed E-state index contributed by atoms with van der Waals surface area (Å²) in [7, 11) is 2.10. The molecule has 1 aliphatic heterocycles. The van der Waals surface area contributed by atoms with E-state index in [0.29, 0.717) is 24.5 Å². The first-order valence-corrected chi connectivity index (χ1v) is 9.69. The summed E-state index contributed by atoms with van der Waals surface area (Å²) in [6, 6.07) is 7.78. The number of aromatic nitrogens is 1. The van der Waals surface area contributed by atoms with Crippen molar-refractivity contribution in [3.8, 4) is 0 Å². The topological polar surface area (TPSA) is 45.5 Å². The van der Waals surface area contributed by atoms with E-state index in [1.807, 2.05) is 0 Å². The van der Waals surface area contributed by atoms with Crippen molar-refractivity contribution in [2.75, 3.05) is 13.6 Å². The molecule has 4 nitrogen and oxygen atoms in total. The van der Waals surface area contributed by atoms with Gasteiger partial charge in [-0.05, 0) is 49.9 Å². The monoisotopic (exact) mass is 338 g/mol. The number of hydrogen-bond donors (Lipinski definition) is 1. The van der Waals surface area contributed by atoms with E-state index in [0.717, 1.165) is 12.8 Å². The average molecular weight is 338 g/mol. The quantitative estimate of drug-likeness (QED) is 0.906. The Morgan fingerprint density at radius 1 is 1.24 bits per heavy atom. The molecule has 1 saturated heterocycles. The SMILES string of the molecule is CN1CC(C(=O)O)CC2c3cccc4c3c(cn4C3CCCC3)CC21. The van der Waals surface area contributed by atoms with Gasteiger partial charge in [-0.1, -0.05) is 25.0 Å². The number of rotatable bonds is 2. The highest BCUT2D eigenvalue weighted by Crippen LogP contribution is 2.46. The summed E-state index contributed by atoms with van der Waals surface area (Å²) < 4.78 is 2.53. The van der Waals surface area contributed by atoms with Crippen LogP contribution in [0.4, 0.5) is 0 Å². The maximum absolute atomic E-state index is 11.6. The summed E-state index contributed by atoms with van der Waals surface area (Å²) in [5, 5.41) is 11.0. The van der Waals surface area contributed by atoms with Gasteiger partial charge in [0.05, 0.1) is 5.92 Å². The van der Waals surface area contributed by atoms with Gasteiger partial charge in [-0.2, -0.15) is 0 Å². The van der Waals surface area contributed by atoms with Crippen LogP contribution in [0.5, 0.6) is 0 Å². The number of likely N-dealkylation sites (N-methyl/N-ethyl adjacent to an activating group) is 1. The highest BCUT2D eigenvalue weighted by atomic mass is 16.4. The normalized spacial score (nSPS) is 29.9. The highest BCUT2D eigenvalue weighted by molar-refractivity contribution is 5.89. The maximum atomic E-state index is 11.6. The fraction of sp³-hybridized carbons (Fsp3) is 0.571. The van der Waals surface area contributed by atoms with E-state index in [1.54, 1.807) is 0 Å². The smallest absolute Gasteiger partial charge is 0.307 e. The lowest BCUT2D eigenvalue weighted by Gasteiger charge is -2.44. The number of fused-ring (bicyclic) bond motifs is 2. The Labute approximate surface area is 148 Å². The van der Waals surface area contributed by atoms with Crippen molar-refractivity contribution in [1.82, 2.24) is 9.47 Å². The number of piperidine rings is 1. The van der Waals surface area contributed by atoms with Crippen LogP contribution in [0.1, 0.15) is 55.2 Å². The molecule has 132 valence electrons. The Morgan fingerprint density at radius 2 is 2.04 bits per heavy atom. The number of hydrogen-bond acceptors (Lipinski definition) is 2. The van der Waals surface area contributed by atoms with E-state index in [9.17, 15) is 9.90 Å². The second-order valence-corrected chi connectivity index (χ2v) is 8.33. The molecule has 2 aliphatic carbocycles. The predicted octanol–water partition coefficient (Wildman–Crippen LogP) is 3.80. The summed E-state index contributed by atoms with van der Waals surface area (Å²) in [6.07, 6.45) is 9.51. The lowest BCUT2D eigenvalue weighted by atomic mass is 9.72. The molecular formula is C21H26N2O2. The molecule has 0 amide bonds. The first kappa shape index (κ1) is 15.4. The zero-order chi connectivity index (χ0) is 17.1. The fourth-order valence-electron chi connectivity index (χ4n) is 5.74. The number of carboxylic acids is 1. The Kier molecular flexibility index (Phi) is 3.46. The van der Waals surface area contributed by atoms with Gasteiger partial charge in [0.1, 0.15) is 0 Å². The number of benzene rings is 1. The molecule has 0 radical (unpaired) electrons. The minimum Gasteiger partial charge on any atom is -0.481 e. The zero-order valence-corrected chi connectivity index (χ0v) is 14.8. The lowest BCUT2D eigenvalue weighted by Crippen LogP contribution is -2.49. The van der Waals surface area contributed by atoms with Gasteiger partial charge in [-0.15, -0.1) is 0 Å². The van der Waals surface area contributed by atoms with Gasteiger partial charge in [-0.3, -0.25) is 4.79 Å². The molecule has 5 rings (SSSR count). The fourth-order valence-corrected chi connectivity index (χ4v) is 5.74. The van der Waals surface area contributed by atoms with E-state index in [-0.39, 0.29) is 5.92 Å². The molecule has 0 spiro atoms. The summed E-state index contributed by atoms with van der Waals surface area (Å²) in [5.41, 5.74) is 4.23. The van der Waals surface area contributed by atoms with Crippen LogP contribution in [0.3, 0.4) is 0 Å². The third-order valence-corrected chi connectivity index (χ3v) is 6.94. The van der Waals surface area contributed by atoms with Crippen molar-refractivity contribution < 1.29 is 9.90 Å². The molecular weight excluding hydrogens is 312 g/mol. The molecule has 1 aromatic heterocycles. The number of likely N-dealkylation sites (tertiary alicyclic amines) is 1. The number of aliphatic carboxylic acids is 1. The average Bonchev–Trinajstić information content (AvgIpc) is 3.24. The molecule has 3 aliphatic rings.